The summed E-state index contributed by atoms with van der Waals surface area (Å²) in [5.74, 6) is 0.484. The summed E-state index contributed by atoms with van der Waals surface area (Å²) in [7, 11) is 0. The van der Waals surface area contributed by atoms with E-state index in [0.29, 0.717) is 11.9 Å². The van der Waals surface area contributed by atoms with Crippen molar-refractivity contribution in [3.63, 3.8) is 0 Å². The van der Waals surface area contributed by atoms with E-state index >= 15 is 0 Å². The molecule has 3 rings (SSSR count). The van der Waals surface area contributed by atoms with Crippen molar-refractivity contribution in [1.82, 2.24) is 15.3 Å². The summed E-state index contributed by atoms with van der Waals surface area (Å²) in [6.07, 6.45) is 3.18. The second-order valence-corrected chi connectivity index (χ2v) is 5.22. The topological polar surface area (TPSA) is 67.4 Å². The summed E-state index contributed by atoms with van der Waals surface area (Å²) in [5, 5.41) is 7.32. The Kier molecular flexibility index (Phi) is 2.27. The van der Waals surface area contributed by atoms with Crippen LogP contribution in [0, 0.1) is 3.57 Å². The van der Waals surface area contributed by atoms with Crippen LogP contribution in [0.3, 0.4) is 0 Å². The van der Waals surface area contributed by atoms with Gasteiger partial charge >= 0.3 is 0 Å². The van der Waals surface area contributed by atoms with Crippen molar-refractivity contribution >= 4 is 28.4 Å². The number of aromatic nitrogens is 1. The second kappa shape index (κ2) is 3.92. The zero-order valence-electron chi connectivity index (χ0n) is 9.70. The maximum atomic E-state index is 8.04. The van der Waals surface area contributed by atoms with Crippen molar-refractivity contribution in [3.05, 3.63) is 21.0 Å². The van der Waals surface area contributed by atoms with Crippen LogP contribution < -0.4 is 16.5 Å². The van der Waals surface area contributed by atoms with E-state index in [1.165, 1.54) is 0 Å². The van der Waals surface area contributed by atoms with Gasteiger partial charge in [0.25, 0.3) is 0 Å². The van der Waals surface area contributed by atoms with Gasteiger partial charge in [-0.1, -0.05) is 0 Å². The van der Waals surface area contributed by atoms with Crippen LogP contribution >= 0.6 is 22.6 Å². The number of hydrogen-bond acceptors (Lipinski definition) is 4. The van der Waals surface area contributed by atoms with Gasteiger partial charge in [0.1, 0.15) is 0 Å². The van der Waals surface area contributed by atoms with Crippen LogP contribution in [0.1, 0.15) is 25.1 Å². The van der Waals surface area contributed by atoms with E-state index in [1.807, 2.05) is 0 Å². The Morgan fingerprint density at radius 1 is 1.69 bits per heavy atom. The quantitative estimate of drug-likeness (QED) is 0.650. The van der Waals surface area contributed by atoms with Gasteiger partial charge in [0.2, 0.25) is 0 Å². The van der Waals surface area contributed by atoms with Crippen molar-refractivity contribution < 1.29 is 1.37 Å². The van der Waals surface area contributed by atoms with Crippen LogP contribution in [0.4, 0.5) is 0 Å². The number of rotatable bonds is 1. The third-order valence-electron chi connectivity index (χ3n) is 3.10. The highest BCUT2D eigenvalue weighted by Crippen LogP contribution is 2.27. The standard InChI is InChI=1S/C10H14IN5/c11-7-5-16(6-1-2-13-3-6)8-4-14-15-10(12)9(7)8/h5-6,13-14H,1-4H2,(H2,12,15)/i4D/t4-,6?/m0/s1. The first kappa shape index (κ1) is 9.29. The first-order valence-electron chi connectivity index (χ1n) is 5.88. The monoisotopic (exact) mass is 332 g/mol. The van der Waals surface area contributed by atoms with Crippen LogP contribution in [0.2, 0.25) is 0 Å². The first-order valence-corrected chi connectivity index (χ1v) is 6.38. The highest BCUT2D eigenvalue weighted by molar-refractivity contribution is 14.1. The SMILES string of the molecule is [2H][C@@H]1NN=C(N)c2c(I)cn(C3CCNC3)c21. The average molecular weight is 332 g/mol. The summed E-state index contributed by atoms with van der Waals surface area (Å²) in [5.41, 5.74) is 10.5. The lowest BCUT2D eigenvalue weighted by atomic mass is 10.2. The lowest BCUT2D eigenvalue weighted by molar-refractivity contribution is 0.514. The molecule has 3 heterocycles. The fourth-order valence-electron chi connectivity index (χ4n) is 2.31. The van der Waals surface area contributed by atoms with E-state index in [1.54, 1.807) is 0 Å². The molecule has 0 bridgehead atoms. The third kappa shape index (κ3) is 1.51. The van der Waals surface area contributed by atoms with Crippen molar-refractivity contribution in [2.45, 2.75) is 19.0 Å². The molecule has 2 aliphatic rings. The number of hydrazone groups is 1. The summed E-state index contributed by atoms with van der Waals surface area (Å²) in [4.78, 5) is 0. The maximum Gasteiger partial charge on any atom is 0.153 e. The molecule has 2 atom stereocenters. The number of halogens is 1. The average Bonchev–Trinajstić information content (AvgIpc) is 2.91. The molecular weight excluding hydrogens is 317 g/mol. The molecular formula is C10H14IN5. The van der Waals surface area contributed by atoms with Crippen molar-refractivity contribution in [2.24, 2.45) is 10.8 Å². The van der Waals surface area contributed by atoms with E-state index in [4.69, 9.17) is 7.10 Å². The highest BCUT2D eigenvalue weighted by Gasteiger charge is 2.25. The van der Waals surface area contributed by atoms with Crippen molar-refractivity contribution in [3.8, 4) is 0 Å². The number of amidine groups is 1. The Morgan fingerprint density at radius 2 is 2.56 bits per heavy atom. The van der Waals surface area contributed by atoms with Gasteiger partial charge in [0.05, 0.1) is 19.1 Å². The van der Waals surface area contributed by atoms with E-state index in [2.05, 4.69) is 49.2 Å². The van der Waals surface area contributed by atoms with Crippen LogP contribution in [0.5, 0.6) is 0 Å². The summed E-state index contributed by atoms with van der Waals surface area (Å²) in [6, 6.07) is 0.424. The van der Waals surface area contributed by atoms with E-state index in [0.717, 1.165) is 34.3 Å². The minimum atomic E-state index is -0.526. The van der Waals surface area contributed by atoms with Gasteiger partial charge in [-0.05, 0) is 35.6 Å². The molecule has 0 aliphatic carbocycles. The predicted molar refractivity (Wildman–Crippen MR) is 71.2 cm³/mol. The minimum Gasteiger partial charge on any atom is -0.382 e. The number of fused-ring (bicyclic) bond motifs is 1. The molecule has 5 nitrogen and oxygen atoms in total. The highest BCUT2D eigenvalue weighted by atomic mass is 127. The Hall–Kier alpha value is -0.760. The van der Waals surface area contributed by atoms with Gasteiger partial charge in [-0.3, -0.25) is 0 Å². The number of nitrogens with one attached hydrogen (secondary N) is 2. The molecule has 1 aromatic rings. The molecule has 16 heavy (non-hydrogen) atoms. The van der Waals surface area contributed by atoms with Crippen molar-refractivity contribution in [2.75, 3.05) is 13.1 Å². The summed E-state index contributed by atoms with van der Waals surface area (Å²) >= 11 is 2.26. The van der Waals surface area contributed by atoms with E-state index < -0.39 is 6.52 Å². The first-order chi connectivity index (χ1) is 8.18. The molecule has 4 N–H and O–H groups in total. The summed E-state index contributed by atoms with van der Waals surface area (Å²) in [6.45, 7) is 1.47. The van der Waals surface area contributed by atoms with Crippen LogP contribution in [-0.2, 0) is 6.52 Å². The lowest BCUT2D eigenvalue weighted by Crippen LogP contribution is -2.28. The van der Waals surface area contributed by atoms with E-state index in [9.17, 15) is 0 Å². The molecule has 0 amide bonds. The third-order valence-corrected chi connectivity index (χ3v) is 3.91. The number of nitrogens with zero attached hydrogens (tertiary/aromatic N) is 2. The smallest absolute Gasteiger partial charge is 0.153 e. The molecule has 1 unspecified atom stereocenters. The molecule has 0 spiro atoms. The second-order valence-electron chi connectivity index (χ2n) is 4.06. The van der Waals surface area contributed by atoms with Crippen LogP contribution in [0.25, 0.3) is 0 Å². The van der Waals surface area contributed by atoms with Gasteiger partial charge < -0.3 is 21.0 Å². The summed E-state index contributed by atoms with van der Waals surface area (Å²) < 4.78 is 11.3. The number of nitrogens with two attached hydrogens (primary N) is 1. The van der Waals surface area contributed by atoms with Gasteiger partial charge in [-0.25, -0.2) is 0 Å². The van der Waals surface area contributed by atoms with E-state index in [-0.39, 0.29) is 0 Å². The molecule has 0 radical (unpaired) electrons. The Balaban J connectivity index is 2.12. The van der Waals surface area contributed by atoms with Crippen LogP contribution in [-0.4, -0.2) is 23.5 Å². The van der Waals surface area contributed by atoms with Crippen LogP contribution in [0.15, 0.2) is 11.3 Å². The molecule has 0 saturated carbocycles. The molecule has 86 valence electrons. The minimum absolute atomic E-state index is 0.424. The molecule has 1 saturated heterocycles. The molecule has 1 fully saturated rings. The zero-order chi connectivity index (χ0) is 12.0. The Bertz CT molecular complexity index is 477. The normalized spacial score (nSPS) is 29.3. The fourth-order valence-corrected chi connectivity index (χ4v) is 3.16. The molecule has 1 aromatic heterocycles. The van der Waals surface area contributed by atoms with Gasteiger partial charge in [-0.2, -0.15) is 5.10 Å². The predicted octanol–water partition coefficient (Wildman–Crippen LogP) is 0.351. The van der Waals surface area contributed by atoms with Gasteiger partial charge in [0.15, 0.2) is 5.84 Å². The lowest BCUT2D eigenvalue weighted by Gasteiger charge is -2.19. The van der Waals surface area contributed by atoms with Gasteiger partial charge in [0, 0.05) is 22.4 Å². The molecule has 0 aromatic carbocycles. The Morgan fingerprint density at radius 3 is 3.31 bits per heavy atom. The largest absolute Gasteiger partial charge is 0.382 e. The van der Waals surface area contributed by atoms with Crippen molar-refractivity contribution in [1.29, 1.82) is 0 Å². The van der Waals surface area contributed by atoms with Gasteiger partial charge in [-0.15, -0.1) is 0 Å². The zero-order valence-corrected chi connectivity index (χ0v) is 10.9. The fraction of sp³-hybridized carbons (Fsp3) is 0.500. The number of hydrogen-bond donors (Lipinski definition) is 3. The maximum absolute atomic E-state index is 8.04. The molecule has 6 heteroatoms. The Labute approximate surface area is 109 Å². The molecule has 2 aliphatic heterocycles.